The predicted molar refractivity (Wildman–Crippen MR) is 84.8 cm³/mol. The summed E-state index contributed by atoms with van der Waals surface area (Å²) in [6.45, 7) is 8.12. The van der Waals surface area contributed by atoms with Crippen LogP contribution in [0.1, 0.15) is 69.5 Å². The minimum atomic E-state index is 0.180. The molecule has 2 fully saturated rings. The molecule has 2 N–H and O–H groups in total. The lowest BCUT2D eigenvalue weighted by Crippen LogP contribution is -2.53. The third-order valence-corrected chi connectivity index (χ3v) is 4.87. The molecule has 1 saturated heterocycles. The van der Waals surface area contributed by atoms with Crippen LogP contribution in [0, 0.1) is 0 Å². The van der Waals surface area contributed by atoms with E-state index < -0.39 is 0 Å². The van der Waals surface area contributed by atoms with E-state index in [4.69, 9.17) is 5.73 Å². The number of benzene rings is 1. The van der Waals surface area contributed by atoms with Crippen LogP contribution in [0.3, 0.4) is 0 Å². The van der Waals surface area contributed by atoms with Crippen molar-refractivity contribution in [2.75, 3.05) is 6.54 Å². The van der Waals surface area contributed by atoms with E-state index in [-0.39, 0.29) is 11.6 Å². The summed E-state index contributed by atoms with van der Waals surface area (Å²) in [6, 6.07) is 9.68. The number of piperidine rings is 1. The molecule has 0 bridgehead atoms. The van der Waals surface area contributed by atoms with Gasteiger partial charge in [0.15, 0.2) is 0 Å². The molecule has 3 rings (SSSR count). The van der Waals surface area contributed by atoms with Gasteiger partial charge in [0.2, 0.25) is 0 Å². The first-order chi connectivity index (χ1) is 9.48. The number of likely N-dealkylation sites (tertiary alicyclic amines) is 1. The summed E-state index contributed by atoms with van der Waals surface area (Å²) in [6.07, 6.45) is 5.08. The number of nitrogens with two attached hydrogens (primary N) is 1. The van der Waals surface area contributed by atoms with Crippen molar-refractivity contribution in [2.45, 2.75) is 70.0 Å². The highest BCUT2D eigenvalue weighted by molar-refractivity contribution is 5.37. The van der Waals surface area contributed by atoms with E-state index in [0.717, 1.165) is 12.3 Å². The van der Waals surface area contributed by atoms with E-state index in [1.54, 1.807) is 5.56 Å². The maximum absolute atomic E-state index is 6.55. The highest BCUT2D eigenvalue weighted by atomic mass is 15.2. The van der Waals surface area contributed by atoms with Crippen molar-refractivity contribution in [3.05, 3.63) is 35.4 Å². The van der Waals surface area contributed by atoms with Crippen LogP contribution in [-0.2, 0) is 0 Å². The Morgan fingerprint density at radius 2 is 1.70 bits per heavy atom. The molecule has 1 aromatic carbocycles. The molecule has 1 heterocycles. The van der Waals surface area contributed by atoms with Gasteiger partial charge in [0.05, 0.1) is 6.04 Å². The molecule has 1 aliphatic carbocycles. The number of hydrogen-bond donors (Lipinski definition) is 1. The van der Waals surface area contributed by atoms with Crippen molar-refractivity contribution in [1.29, 1.82) is 0 Å². The van der Waals surface area contributed by atoms with E-state index >= 15 is 0 Å². The molecule has 1 aromatic rings. The Morgan fingerprint density at radius 3 is 2.30 bits per heavy atom. The molecule has 2 atom stereocenters. The topological polar surface area (TPSA) is 29.3 Å². The summed E-state index contributed by atoms with van der Waals surface area (Å²) in [7, 11) is 0. The number of rotatable bonds is 2. The van der Waals surface area contributed by atoms with Crippen molar-refractivity contribution in [3.8, 4) is 0 Å². The third kappa shape index (κ3) is 2.64. The van der Waals surface area contributed by atoms with Crippen LogP contribution in [0.25, 0.3) is 0 Å². The molecule has 0 amide bonds. The molecule has 2 heteroatoms. The Morgan fingerprint density at radius 1 is 1.05 bits per heavy atom. The minimum Gasteiger partial charge on any atom is -0.326 e. The van der Waals surface area contributed by atoms with Gasteiger partial charge in [-0.2, -0.15) is 0 Å². The van der Waals surface area contributed by atoms with Gasteiger partial charge in [0.25, 0.3) is 0 Å². The zero-order chi connectivity index (χ0) is 14.3. The second kappa shape index (κ2) is 5.16. The second-order valence-electron chi connectivity index (χ2n) is 7.52. The van der Waals surface area contributed by atoms with Gasteiger partial charge in [0.1, 0.15) is 0 Å². The molecule has 1 saturated carbocycles. The zero-order valence-corrected chi connectivity index (χ0v) is 13.1. The smallest absolute Gasteiger partial charge is 0.0507 e. The first-order valence-electron chi connectivity index (χ1n) is 8.09. The molecule has 2 aliphatic rings. The Hall–Kier alpha value is -0.860. The Bertz CT molecular complexity index is 471. The fourth-order valence-corrected chi connectivity index (χ4v) is 3.72. The van der Waals surface area contributed by atoms with Crippen LogP contribution in [0.15, 0.2) is 24.3 Å². The SMILES string of the molecule is CC(C)(C)N1CCCC(N)C1c1ccccc1C1CC1. The standard InChI is InChI=1S/C18H28N2/c1-18(2,3)20-12-6-9-16(19)17(20)15-8-5-4-7-14(15)13-10-11-13/h4-5,7-8,13,16-17H,6,9-12,19H2,1-3H3. The highest BCUT2D eigenvalue weighted by Crippen LogP contribution is 2.46. The van der Waals surface area contributed by atoms with Crippen LogP contribution in [-0.4, -0.2) is 23.0 Å². The molecule has 1 aliphatic heterocycles. The van der Waals surface area contributed by atoms with E-state index in [2.05, 4.69) is 49.9 Å². The van der Waals surface area contributed by atoms with Gasteiger partial charge in [-0.15, -0.1) is 0 Å². The average Bonchev–Trinajstić information content (AvgIpc) is 3.22. The maximum Gasteiger partial charge on any atom is 0.0507 e. The molecule has 20 heavy (non-hydrogen) atoms. The molecule has 0 spiro atoms. The molecule has 2 unspecified atom stereocenters. The van der Waals surface area contributed by atoms with Crippen LogP contribution in [0.4, 0.5) is 0 Å². The number of nitrogens with zero attached hydrogens (tertiary/aromatic N) is 1. The van der Waals surface area contributed by atoms with Crippen molar-refractivity contribution in [3.63, 3.8) is 0 Å². The monoisotopic (exact) mass is 272 g/mol. The fraction of sp³-hybridized carbons (Fsp3) is 0.667. The summed E-state index contributed by atoms with van der Waals surface area (Å²) >= 11 is 0. The molecule has 0 radical (unpaired) electrons. The largest absolute Gasteiger partial charge is 0.326 e. The van der Waals surface area contributed by atoms with Gasteiger partial charge in [-0.3, -0.25) is 4.90 Å². The Labute approximate surface area is 123 Å². The van der Waals surface area contributed by atoms with Crippen LogP contribution in [0.2, 0.25) is 0 Å². The summed E-state index contributed by atoms with van der Waals surface area (Å²) in [5.41, 5.74) is 9.78. The van der Waals surface area contributed by atoms with Gasteiger partial charge in [-0.1, -0.05) is 24.3 Å². The summed E-state index contributed by atoms with van der Waals surface area (Å²) in [5.74, 6) is 0.794. The Balaban J connectivity index is 2.00. The van der Waals surface area contributed by atoms with Crippen LogP contribution < -0.4 is 5.73 Å². The summed E-state index contributed by atoms with van der Waals surface area (Å²) < 4.78 is 0. The number of hydrogen-bond acceptors (Lipinski definition) is 2. The van der Waals surface area contributed by atoms with Gasteiger partial charge in [-0.05, 0) is 70.0 Å². The lowest BCUT2D eigenvalue weighted by Gasteiger charge is -2.48. The second-order valence-corrected chi connectivity index (χ2v) is 7.52. The lowest BCUT2D eigenvalue weighted by molar-refractivity contribution is 0.0380. The van der Waals surface area contributed by atoms with Crippen LogP contribution in [0.5, 0.6) is 0 Å². The molecule has 2 nitrogen and oxygen atoms in total. The van der Waals surface area contributed by atoms with Crippen molar-refractivity contribution >= 4 is 0 Å². The molecule has 0 aromatic heterocycles. The van der Waals surface area contributed by atoms with E-state index in [1.807, 2.05) is 0 Å². The zero-order valence-electron chi connectivity index (χ0n) is 13.1. The highest BCUT2D eigenvalue weighted by Gasteiger charge is 2.39. The minimum absolute atomic E-state index is 0.180. The normalized spacial score (nSPS) is 28.6. The first kappa shape index (κ1) is 14.1. The van der Waals surface area contributed by atoms with E-state index in [1.165, 1.54) is 31.4 Å². The van der Waals surface area contributed by atoms with Gasteiger partial charge < -0.3 is 5.73 Å². The third-order valence-electron chi connectivity index (χ3n) is 4.87. The van der Waals surface area contributed by atoms with Crippen LogP contribution >= 0.6 is 0 Å². The van der Waals surface area contributed by atoms with E-state index in [9.17, 15) is 0 Å². The van der Waals surface area contributed by atoms with Crippen molar-refractivity contribution in [1.82, 2.24) is 4.90 Å². The van der Waals surface area contributed by atoms with E-state index in [0.29, 0.717) is 6.04 Å². The van der Waals surface area contributed by atoms with Crippen molar-refractivity contribution in [2.24, 2.45) is 5.73 Å². The first-order valence-corrected chi connectivity index (χ1v) is 8.09. The molecular formula is C18H28N2. The Kier molecular flexibility index (Phi) is 3.64. The predicted octanol–water partition coefficient (Wildman–Crippen LogP) is 3.83. The van der Waals surface area contributed by atoms with Crippen molar-refractivity contribution < 1.29 is 0 Å². The van der Waals surface area contributed by atoms with Gasteiger partial charge in [-0.25, -0.2) is 0 Å². The average molecular weight is 272 g/mol. The van der Waals surface area contributed by atoms with Gasteiger partial charge >= 0.3 is 0 Å². The summed E-state index contributed by atoms with van der Waals surface area (Å²) in [4.78, 5) is 2.63. The van der Waals surface area contributed by atoms with Gasteiger partial charge in [0, 0.05) is 11.6 Å². The summed E-state index contributed by atoms with van der Waals surface area (Å²) in [5, 5.41) is 0. The quantitative estimate of drug-likeness (QED) is 0.886. The fourth-order valence-electron chi connectivity index (χ4n) is 3.72. The molecular weight excluding hydrogens is 244 g/mol. The lowest BCUT2D eigenvalue weighted by atomic mass is 9.84. The molecule has 110 valence electrons. The maximum atomic E-state index is 6.55.